The Balaban J connectivity index is 3.17. The molecule has 1 atom stereocenters. The zero-order chi connectivity index (χ0) is 10.7. The lowest BCUT2D eigenvalue weighted by molar-refractivity contribution is 0.439. The van der Waals surface area contributed by atoms with Crippen LogP contribution in [0.25, 0.3) is 0 Å². The number of hydrogen-bond acceptors (Lipinski definition) is 3. The molecule has 0 aliphatic carbocycles. The Kier molecular flexibility index (Phi) is 3.36. The van der Waals surface area contributed by atoms with Gasteiger partial charge in [0, 0.05) is 6.07 Å². The van der Waals surface area contributed by atoms with Crippen molar-refractivity contribution in [2.75, 3.05) is 6.54 Å². The van der Waals surface area contributed by atoms with E-state index in [9.17, 15) is 10.2 Å². The van der Waals surface area contributed by atoms with Gasteiger partial charge in [0.2, 0.25) is 0 Å². The van der Waals surface area contributed by atoms with Gasteiger partial charge in [-0.05, 0) is 36.1 Å². The predicted molar refractivity (Wildman–Crippen MR) is 56.6 cm³/mol. The van der Waals surface area contributed by atoms with Crippen molar-refractivity contribution in [3.05, 3.63) is 23.3 Å². The summed E-state index contributed by atoms with van der Waals surface area (Å²) in [5, 5.41) is 19.1. The van der Waals surface area contributed by atoms with Gasteiger partial charge in [0.05, 0.1) is 0 Å². The van der Waals surface area contributed by atoms with Gasteiger partial charge in [0.15, 0.2) is 0 Å². The number of nitrogens with two attached hydrogens (primary N) is 1. The summed E-state index contributed by atoms with van der Waals surface area (Å²) in [4.78, 5) is 0. The van der Waals surface area contributed by atoms with Gasteiger partial charge in [-0.1, -0.05) is 13.8 Å². The first kappa shape index (κ1) is 10.9. The number of rotatable bonds is 3. The summed E-state index contributed by atoms with van der Waals surface area (Å²) in [6.45, 7) is 4.40. The fraction of sp³-hybridized carbons (Fsp3) is 0.455. The first-order valence-electron chi connectivity index (χ1n) is 4.85. The van der Waals surface area contributed by atoms with Crippen LogP contribution in [0.5, 0.6) is 11.5 Å². The smallest absolute Gasteiger partial charge is 0.122 e. The monoisotopic (exact) mass is 195 g/mol. The molecule has 0 spiro atoms. The van der Waals surface area contributed by atoms with E-state index in [0.29, 0.717) is 6.54 Å². The van der Waals surface area contributed by atoms with E-state index < -0.39 is 0 Å². The van der Waals surface area contributed by atoms with E-state index in [-0.39, 0.29) is 17.4 Å². The SMILES string of the molecule is CCc1cc(C(C)CN)c(O)cc1O. The van der Waals surface area contributed by atoms with Crippen molar-refractivity contribution in [3.8, 4) is 11.5 Å². The summed E-state index contributed by atoms with van der Waals surface area (Å²) >= 11 is 0. The molecule has 0 aliphatic rings. The molecule has 3 nitrogen and oxygen atoms in total. The maximum absolute atomic E-state index is 9.60. The summed E-state index contributed by atoms with van der Waals surface area (Å²) in [6.07, 6.45) is 0.746. The molecule has 1 rings (SSSR count). The molecule has 0 amide bonds. The molecular formula is C11H17NO2. The van der Waals surface area contributed by atoms with Crippen molar-refractivity contribution < 1.29 is 10.2 Å². The van der Waals surface area contributed by atoms with Crippen molar-refractivity contribution in [1.29, 1.82) is 0 Å². The van der Waals surface area contributed by atoms with Crippen LogP contribution >= 0.6 is 0 Å². The van der Waals surface area contributed by atoms with E-state index in [1.165, 1.54) is 6.07 Å². The zero-order valence-electron chi connectivity index (χ0n) is 8.62. The van der Waals surface area contributed by atoms with Crippen LogP contribution in [0.2, 0.25) is 0 Å². The van der Waals surface area contributed by atoms with Gasteiger partial charge in [-0.15, -0.1) is 0 Å². The highest BCUT2D eigenvalue weighted by molar-refractivity contribution is 5.46. The average Bonchev–Trinajstić information content (AvgIpc) is 2.17. The highest BCUT2D eigenvalue weighted by atomic mass is 16.3. The molecule has 0 heterocycles. The van der Waals surface area contributed by atoms with Crippen molar-refractivity contribution in [3.63, 3.8) is 0 Å². The molecule has 3 heteroatoms. The minimum atomic E-state index is 0.112. The van der Waals surface area contributed by atoms with Crippen LogP contribution < -0.4 is 5.73 Å². The fourth-order valence-corrected chi connectivity index (χ4v) is 1.45. The molecule has 14 heavy (non-hydrogen) atoms. The van der Waals surface area contributed by atoms with E-state index >= 15 is 0 Å². The fourth-order valence-electron chi connectivity index (χ4n) is 1.45. The maximum atomic E-state index is 9.60. The van der Waals surface area contributed by atoms with E-state index in [0.717, 1.165) is 17.5 Å². The molecule has 0 aliphatic heterocycles. The largest absolute Gasteiger partial charge is 0.508 e. The molecule has 0 fully saturated rings. The van der Waals surface area contributed by atoms with E-state index in [2.05, 4.69) is 0 Å². The van der Waals surface area contributed by atoms with E-state index in [4.69, 9.17) is 5.73 Å². The number of phenols is 2. The van der Waals surface area contributed by atoms with Gasteiger partial charge in [0.25, 0.3) is 0 Å². The number of aryl methyl sites for hydroxylation is 1. The molecule has 0 saturated heterocycles. The Morgan fingerprint density at radius 1 is 1.29 bits per heavy atom. The lowest BCUT2D eigenvalue weighted by Gasteiger charge is -2.13. The lowest BCUT2D eigenvalue weighted by Crippen LogP contribution is -2.09. The van der Waals surface area contributed by atoms with Crippen LogP contribution in [0.15, 0.2) is 12.1 Å². The second-order valence-electron chi connectivity index (χ2n) is 3.53. The molecule has 1 unspecified atom stereocenters. The molecule has 1 aromatic carbocycles. The first-order chi connectivity index (χ1) is 6.60. The van der Waals surface area contributed by atoms with Crippen LogP contribution in [-0.2, 0) is 6.42 Å². The number of phenolic OH excluding ortho intramolecular Hbond substituents is 2. The lowest BCUT2D eigenvalue weighted by atomic mass is 9.96. The maximum Gasteiger partial charge on any atom is 0.122 e. The van der Waals surface area contributed by atoms with Crippen LogP contribution in [0.1, 0.15) is 30.9 Å². The topological polar surface area (TPSA) is 66.5 Å². The quantitative estimate of drug-likeness (QED) is 0.688. The first-order valence-corrected chi connectivity index (χ1v) is 4.85. The van der Waals surface area contributed by atoms with Gasteiger partial charge < -0.3 is 15.9 Å². The minimum Gasteiger partial charge on any atom is -0.508 e. The summed E-state index contributed by atoms with van der Waals surface area (Å²) < 4.78 is 0. The number of aromatic hydroxyl groups is 2. The molecule has 0 aromatic heterocycles. The third-order valence-electron chi connectivity index (χ3n) is 2.49. The van der Waals surface area contributed by atoms with Crippen LogP contribution in [0.4, 0.5) is 0 Å². The summed E-state index contributed by atoms with van der Waals surface area (Å²) in [5.41, 5.74) is 7.18. The second kappa shape index (κ2) is 4.33. The Morgan fingerprint density at radius 3 is 2.43 bits per heavy atom. The van der Waals surface area contributed by atoms with Crippen molar-refractivity contribution in [1.82, 2.24) is 0 Å². The van der Waals surface area contributed by atoms with Gasteiger partial charge in [-0.2, -0.15) is 0 Å². The number of hydrogen-bond donors (Lipinski definition) is 3. The Labute approximate surface area is 84.2 Å². The molecule has 0 bridgehead atoms. The standard InChI is InChI=1S/C11H17NO2/c1-3-8-4-9(7(2)6-12)11(14)5-10(8)13/h4-5,7,13-14H,3,6,12H2,1-2H3. The van der Waals surface area contributed by atoms with Crippen molar-refractivity contribution >= 4 is 0 Å². The Bertz CT molecular complexity index is 323. The summed E-state index contributed by atoms with van der Waals surface area (Å²) in [7, 11) is 0. The molecule has 1 aromatic rings. The summed E-state index contributed by atoms with van der Waals surface area (Å²) in [6, 6.07) is 3.21. The highest BCUT2D eigenvalue weighted by Crippen LogP contribution is 2.32. The summed E-state index contributed by atoms with van der Waals surface area (Å²) in [5.74, 6) is 0.386. The zero-order valence-corrected chi connectivity index (χ0v) is 8.62. The minimum absolute atomic E-state index is 0.112. The van der Waals surface area contributed by atoms with Gasteiger partial charge >= 0.3 is 0 Å². The van der Waals surface area contributed by atoms with E-state index in [1.807, 2.05) is 19.9 Å². The Morgan fingerprint density at radius 2 is 1.93 bits per heavy atom. The molecule has 78 valence electrons. The average molecular weight is 195 g/mol. The number of benzene rings is 1. The van der Waals surface area contributed by atoms with Crippen molar-refractivity contribution in [2.45, 2.75) is 26.2 Å². The van der Waals surface area contributed by atoms with Crippen molar-refractivity contribution in [2.24, 2.45) is 5.73 Å². The van der Waals surface area contributed by atoms with Gasteiger partial charge in [0.1, 0.15) is 11.5 Å². The molecule has 4 N–H and O–H groups in total. The van der Waals surface area contributed by atoms with E-state index in [1.54, 1.807) is 0 Å². The Hall–Kier alpha value is -1.22. The predicted octanol–water partition coefficient (Wildman–Crippen LogP) is 1.72. The molecular weight excluding hydrogens is 178 g/mol. The second-order valence-corrected chi connectivity index (χ2v) is 3.53. The van der Waals surface area contributed by atoms with Gasteiger partial charge in [-0.3, -0.25) is 0 Å². The van der Waals surface area contributed by atoms with Crippen LogP contribution in [0.3, 0.4) is 0 Å². The third kappa shape index (κ3) is 1.99. The highest BCUT2D eigenvalue weighted by Gasteiger charge is 2.12. The van der Waals surface area contributed by atoms with Crippen LogP contribution in [-0.4, -0.2) is 16.8 Å². The normalized spacial score (nSPS) is 12.8. The third-order valence-corrected chi connectivity index (χ3v) is 2.49. The molecule has 0 radical (unpaired) electrons. The molecule has 0 saturated carbocycles. The van der Waals surface area contributed by atoms with Crippen LogP contribution in [0, 0.1) is 0 Å². The van der Waals surface area contributed by atoms with Gasteiger partial charge in [-0.25, -0.2) is 0 Å².